The summed E-state index contributed by atoms with van der Waals surface area (Å²) in [6, 6.07) is 8.13. The Hall–Kier alpha value is -1.88. The van der Waals surface area contributed by atoms with Crippen LogP contribution in [0.4, 0.5) is 5.95 Å². The summed E-state index contributed by atoms with van der Waals surface area (Å²) >= 11 is 1.65. The normalized spacial score (nSPS) is 11.9. The molecule has 0 atom stereocenters. The number of aromatic nitrogens is 3. The monoisotopic (exact) mass is 272 g/mol. The number of aryl methyl sites for hydroxylation is 1. The fraction of sp³-hybridized carbons (Fsp3) is 0.286. The van der Waals surface area contributed by atoms with E-state index < -0.39 is 0 Å². The quantitative estimate of drug-likeness (QED) is 0.795. The summed E-state index contributed by atoms with van der Waals surface area (Å²) in [7, 11) is 2.02. The molecule has 2 aromatic heterocycles. The van der Waals surface area contributed by atoms with E-state index in [0.717, 1.165) is 22.0 Å². The molecule has 2 heterocycles. The van der Waals surface area contributed by atoms with Crippen LogP contribution >= 0.6 is 11.3 Å². The number of nitrogens with zero attached hydrogens (tertiary/aromatic N) is 3. The summed E-state index contributed by atoms with van der Waals surface area (Å²) in [5.41, 5.74) is 1.89. The summed E-state index contributed by atoms with van der Waals surface area (Å²) in [5, 5.41) is 6.53. The maximum atomic E-state index is 4.64. The second-order valence-electron chi connectivity index (χ2n) is 5.07. The Morgan fingerprint density at radius 3 is 2.74 bits per heavy atom. The molecular weight excluding hydrogens is 256 g/mol. The van der Waals surface area contributed by atoms with Crippen molar-refractivity contribution in [3.63, 3.8) is 0 Å². The summed E-state index contributed by atoms with van der Waals surface area (Å²) in [6.45, 7) is 4.23. The minimum atomic E-state index is -0.233. The predicted molar refractivity (Wildman–Crippen MR) is 79.5 cm³/mol. The third-order valence-corrected chi connectivity index (χ3v) is 4.28. The first-order valence-corrected chi connectivity index (χ1v) is 7.05. The van der Waals surface area contributed by atoms with Gasteiger partial charge in [0, 0.05) is 18.6 Å². The minimum Gasteiger partial charge on any atom is -0.344 e. The molecular formula is C14H16N4S. The Bertz CT molecular complexity index is 697. The van der Waals surface area contributed by atoms with Crippen molar-refractivity contribution in [2.75, 3.05) is 5.32 Å². The lowest BCUT2D eigenvalue weighted by Crippen LogP contribution is -2.29. The van der Waals surface area contributed by atoms with E-state index in [2.05, 4.69) is 39.8 Å². The van der Waals surface area contributed by atoms with Crippen LogP contribution in [0.3, 0.4) is 0 Å². The molecule has 0 fully saturated rings. The average molecular weight is 272 g/mol. The molecule has 0 aliphatic carbocycles. The molecule has 19 heavy (non-hydrogen) atoms. The van der Waals surface area contributed by atoms with Crippen molar-refractivity contribution in [3.8, 4) is 0 Å². The van der Waals surface area contributed by atoms with Gasteiger partial charge < -0.3 is 9.88 Å². The van der Waals surface area contributed by atoms with Gasteiger partial charge in [-0.3, -0.25) is 0 Å². The number of thiazole rings is 1. The van der Waals surface area contributed by atoms with Crippen molar-refractivity contribution in [2.24, 2.45) is 7.05 Å². The van der Waals surface area contributed by atoms with Crippen LogP contribution in [0.15, 0.2) is 35.8 Å². The van der Waals surface area contributed by atoms with Crippen LogP contribution in [-0.2, 0) is 12.6 Å². The van der Waals surface area contributed by atoms with Crippen molar-refractivity contribution in [1.82, 2.24) is 14.5 Å². The molecule has 3 rings (SSSR count). The molecule has 0 bridgehead atoms. The molecule has 1 aromatic carbocycles. The standard InChI is InChI=1S/C14H16N4S/c1-14(2,12-15-8-9-19-12)17-13-16-10-6-4-5-7-11(10)18(13)3/h4-9H,1-3H3,(H,16,17). The largest absolute Gasteiger partial charge is 0.344 e. The van der Waals surface area contributed by atoms with E-state index in [1.54, 1.807) is 11.3 Å². The fourth-order valence-electron chi connectivity index (χ4n) is 2.12. The second-order valence-corrected chi connectivity index (χ2v) is 5.96. The lowest BCUT2D eigenvalue weighted by molar-refractivity contribution is 0.593. The Kier molecular flexibility index (Phi) is 2.78. The zero-order chi connectivity index (χ0) is 13.5. The van der Waals surface area contributed by atoms with Gasteiger partial charge in [-0.25, -0.2) is 9.97 Å². The molecule has 0 saturated heterocycles. The molecule has 0 unspecified atom stereocenters. The van der Waals surface area contributed by atoms with Crippen molar-refractivity contribution >= 4 is 28.3 Å². The van der Waals surface area contributed by atoms with Crippen LogP contribution in [0.2, 0.25) is 0 Å². The number of hydrogen-bond acceptors (Lipinski definition) is 4. The number of hydrogen-bond donors (Lipinski definition) is 1. The zero-order valence-corrected chi connectivity index (χ0v) is 12.0. The van der Waals surface area contributed by atoms with Crippen molar-refractivity contribution in [1.29, 1.82) is 0 Å². The van der Waals surface area contributed by atoms with Gasteiger partial charge in [-0.15, -0.1) is 11.3 Å². The summed E-state index contributed by atoms with van der Waals surface area (Å²) < 4.78 is 2.07. The zero-order valence-electron chi connectivity index (χ0n) is 11.2. The van der Waals surface area contributed by atoms with Crippen LogP contribution in [0.5, 0.6) is 0 Å². The molecule has 0 amide bonds. The van der Waals surface area contributed by atoms with Gasteiger partial charge in [-0.05, 0) is 26.0 Å². The molecule has 0 spiro atoms. The molecule has 5 heteroatoms. The van der Waals surface area contributed by atoms with Crippen LogP contribution in [-0.4, -0.2) is 14.5 Å². The highest BCUT2D eigenvalue weighted by molar-refractivity contribution is 7.09. The van der Waals surface area contributed by atoms with E-state index in [-0.39, 0.29) is 5.54 Å². The van der Waals surface area contributed by atoms with Gasteiger partial charge in [-0.1, -0.05) is 12.1 Å². The number of nitrogens with one attached hydrogen (secondary N) is 1. The molecule has 0 aliphatic rings. The average Bonchev–Trinajstić information content (AvgIpc) is 3.00. The van der Waals surface area contributed by atoms with E-state index in [0.29, 0.717) is 0 Å². The van der Waals surface area contributed by atoms with Crippen LogP contribution in [0.25, 0.3) is 11.0 Å². The van der Waals surface area contributed by atoms with Crippen molar-refractivity contribution < 1.29 is 0 Å². The van der Waals surface area contributed by atoms with Gasteiger partial charge in [-0.2, -0.15) is 0 Å². The third kappa shape index (κ3) is 2.10. The van der Waals surface area contributed by atoms with Gasteiger partial charge in [0.25, 0.3) is 0 Å². The van der Waals surface area contributed by atoms with Gasteiger partial charge in [0.2, 0.25) is 5.95 Å². The highest BCUT2D eigenvalue weighted by Crippen LogP contribution is 2.28. The highest BCUT2D eigenvalue weighted by Gasteiger charge is 2.25. The molecule has 98 valence electrons. The second kappa shape index (κ2) is 4.35. The van der Waals surface area contributed by atoms with Gasteiger partial charge in [0.05, 0.1) is 16.6 Å². The Morgan fingerprint density at radius 1 is 1.26 bits per heavy atom. The predicted octanol–water partition coefficient (Wildman–Crippen LogP) is 3.38. The van der Waals surface area contributed by atoms with Crippen molar-refractivity contribution in [3.05, 3.63) is 40.8 Å². The number of rotatable bonds is 3. The number of anilines is 1. The van der Waals surface area contributed by atoms with Crippen LogP contribution in [0, 0.1) is 0 Å². The topological polar surface area (TPSA) is 42.7 Å². The Labute approximate surface area is 116 Å². The molecule has 4 nitrogen and oxygen atoms in total. The first-order chi connectivity index (χ1) is 9.08. The number of para-hydroxylation sites is 2. The highest BCUT2D eigenvalue weighted by atomic mass is 32.1. The molecule has 3 aromatic rings. The lowest BCUT2D eigenvalue weighted by atomic mass is 10.1. The van der Waals surface area contributed by atoms with Crippen LogP contribution < -0.4 is 5.32 Å². The Morgan fingerprint density at radius 2 is 2.05 bits per heavy atom. The first-order valence-electron chi connectivity index (χ1n) is 6.17. The molecule has 0 radical (unpaired) electrons. The summed E-state index contributed by atoms with van der Waals surface area (Å²) in [5.74, 6) is 0.862. The SMILES string of the molecule is Cn1c(NC(C)(C)c2nccs2)nc2ccccc21. The maximum absolute atomic E-state index is 4.64. The summed E-state index contributed by atoms with van der Waals surface area (Å²) in [6.07, 6.45) is 1.83. The van der Waals surface area contributed by atoms with E-state index in [4.69, 9.17) is 0 Å². The summed E-state index contributed by atoms with van der Waals surface area (Å²) in [4.78, 5) is 9.02. The van der Waals surface area contributed by atoms with Crippen molar-refractivity contribution in [2.45, 2.75) is 19.4 Å². The number of fused-ring (bicyclic) bond motifs is 1. The van der Waals surface area contributed by atoms with Gasteiger partial charge in [0.15, 0.2) is 0 Å². The van der Waals surface area contributed by atoms with E-state index in [1.807, 2.05) is 36.8 Å². The maximum Gasteiger partial charge on any atom is 0.204 e. The van der Waals surface area contributed by atoms with Gasteiger partial charge >= 0.3 is 0 Å². The third-order valence-electron chi connectivity index (χ3n) is 3.18. The smallest absolute Gasteiger partial charge is 0.204 e. The number of benzene rings is 1. The molecule has 0 aliphatic heterocycles. The van der Waals surface area contributed by atoms with E-state index in [9.17, 15) is 0 Å². The van der Waals surface area contributed by atoms with Crippen LogP contribution in [0.1, 0.15) is 18.9 Å². The minimum absolute atomic E-state index is 0.233. The molecule has 0 saturated carbocycles. The van der Waals surface area contributed by atoms with E-state index in [1.165, 1.54) is 0 Å². The first kappa shape index (κ1) is 12.2. The van der Waals surface area contributed by atoms with E-state index >= 15 is 0 Å². The fourth-order valence-corrected chi connectivity index (χ4v) is 2.84. The van der Waals surface area contributed by atoms with Gasteiger partial charge in [0.1, 0.15) is 5.01 Å². The Balaban J connectivity index is 2.00. The molecule has 1 N–H and O–H groups in total. The lowest BCUT2D eigenvalue weighted by Gasteiger charge is -2.24. The number of imidazole rings is 1.